The maximum absolute atomic E-state index is 12.7. The topological polar surface area (TPSA) is 208 Å². The summed E-state index contributed by atoms with van der Waals surface area (Å²) in [7, 11) is 0. The summed E-state index contributed by atoms with van der Waals surface area (Å²) in [5, 5.41) is 34.4. The Morgan fingerprint density at radius 3 is 1.90 bits per heavy atom. The van der Waals surface area contributed by atoms with Crippen molar-refractivity contribution in [1.82, 2.24) is 16.0 Å². The average Bonchev–Trinajstić information content (AvgIpc) is 2.70. The lowest BCUT2D eigenvalue weighted by molar-refractivity contribution is -0.143. The smallest absolute Gasteiger partial charge is 0.326 e. The summed E-state index contributed by atoms with van der Waals surface area (Å²) in [4.78, 5) is 59.4. The third-order valence-corrected chi connectivity index (χ3v) is 5.06. The van der Waals surface area contributed by atoms with Crippen LogP contribution in [-0.2, 0) is 24.0 Å². The third kappa shape index (κ3) is 9.98. The number of aliphatic hydroxyl groups excluding tert-OH is 1. The van der Waals surface area contributed by atoms with Crippen LogP contribution in [0.3, 0.4) is 0 Å². The van der Waals surface area contributed by atoms with E-state index in [0.29, 0.717) is 6.42 Å². The molecule has 0 rings (SSSR count). The first kappa shape index (κ1) is 28.6. The van der Waals surface area contributed by atoms with Crippen molar-refractivity contribution < 1.29 is 39.3 Å². The van der Waals surface area contributed by atoms with Gasteiger partial charge in [0.05, 0.1) is 6.10 Å². The van der Waals surface area contributed by atoms with E-state index < -0.39 is 72.3 Å². The largest absolute Gasteiger partial charge is 0.481 e. The number of amides is 3. The molecule has 6 unspecified atom stereocenters. The first-order valence-corrected chi connectivity index (χ1v) is 10.4. The molecule has 178 valence electrons. The Bertz CT molecular complexity index is 660. The Labute approximate surface area is 185 Å². The Balaban J connectivity index is 5.34. The predicted molar refractivity (Wildman–Crippen MR) is 113 cm³/mol. The number of carboxylic acids is 2. The molecule has 0 aromatic heterocycles. The summed E-state index contributed by atoms with van der Waals surface area (Å²) >= 11 is 4.02. The van der Waals surface area contributed by atoms with Crippen LogP contribution in [0.25, 0.3) is 0 Å². The van der Waals surface area contributed by atoms with Gasteiger partial charge in [-0.2, -0.15) is 12.6 Å². The molecule has 0 spiro atoms. The van der Waals surface area contributed by atoms with Gasteiger partial charge in [-0.25, -0.2) is 4.79 Å². The summed E-state index contributed by atoms with van der Waals surface area (Å²) in [5.41, 5.74) is 5.54. The number of carboxylic acid groups (broad SMARTS) is 2. The number of rotatable bonds is 14. The lowest BCUT2D eigenvalue weighted by Crippen LogP contribution is -2.59. The van der Waals surface area contributed by atoms with Gasteiger partial charge in [0.2, 0.25) is 17.7 Å². The van der Waals surface area contributed by atoms with Gasteiger partial charge in [-0.05, 0) is 19.3 Å². The lowest BCUT2D eigenvalue weighted by atomic mass is 9.97. The number of nitrogens with two attached hydrogens (primary N) is 1. The maximum Gasteiger partial charge on any atom is 0.326 e. The zero-order valence-corrected chi connectivity index (χ0v) is 18.6. The SMILES string of the molecule is CCC(C)C(NC(=O)C(CS)NC(=O)C(N)C(C)O)C(=O)NC(CCC(=O)O)C(=O)O. The molecule has 0 saturated heterocycles. The molecule has 0 aromatic rings. The van der Waals surface area contributed by atoms with Crippen molar-refractivity contribution >= 4 is 42.3 Å². The molecular formula is C18H32N4O8S. The molecule has 0 heterocycles. The highest BCUT2D eigenvalue weighted by atomic mass is 32.1. The van der Waals surface area contributed by atoms with E-state index in [1.807, 2.05) is 0 Å². The molecule has 0 bridgehead atoms. The highest BCUT2D eigenvalue weighted by molar-refractivity contribution is 7.80. The number of thiol groups is 1. The molecule has 8 N–H and O–H groups in total. The Kier molecular flexibility index (Phi) is 12.8. The second-order valence-corrected chi connectivity index (χ2v) is 7.58. The summed E-state index contributed by atoms with van der Waals surface area (Å²) in [6.07, 6.45) is -1.49. The van der Waals surface area contributed by atoms with Crippen molar-refractivity contribution in [1.29, 1.82) is 0 Å². The maximum atomic E-state index is 12.7. The number of carbonyl (C=O) groups excluding carboxylic acids is 3. The monoisotopic (exact) mass is 464 g/mol. The molecular weight excluding hydrogens is 432 g/mol. The molecule has 0 fully saturated rings. The van der Waals surface area contributed by atoms with E-state index in [9.17, 15) is 34.2 Å². The molecule has 0 aliphatic rings. The fraction of sp³-hybridized carbons (Fsp3) is 0.722. The van der Waals surface area contributed by atoms with Crippen LogP contribution >= 0.6 is 12.6 Å². The minimum absolute atomic E-state index is 0.130. The van der Waals surface area contributed by atoms with Crippen molar-refractivity contribution in [3.63, 3.8) is 0 Å². The highest BCUT2D eigenvalue weighted by Gasteiger charge is 2.32. The van der Waals surface area contributed by atoms with Crippen LogP contribution < -0.4 is 21.7 Å². The Morgan fingerprint density at radius 2 is 1.48 bits per heavy atom. The molecule has 12 nitrogen and oxygen atoms in total. The number of aliphatic carboxylic acids is 2. The van der Waals surface area contributed by atoms with Crippen molar-refractivity contribution in [3.05, 3.63) is 0 Å². The fourth-order valence-corrected chi connectivity index (χ4v) is 2.68. The van der Waals surface area contributed by atoms with E-state index in [1.165, 1.54) is 6.92 Å². The van der Waals surface area contributed by atoms with E-state index in [1.54, 1.807) is 13.8 Å². The van der Waals surface area contributed by atoms with E-state index in [-0.39, 0.29) is 12.2 Å². The summed E-state index contributed by atoms with van der Waals surface area (Å²) in [6.45, 7) is 4.73. The van der Waals surface area contributed by atoms with E-state index in [2.05, 4.69) is 28.6 Å². The van der Waals surface area contributed by atoms with Crippen LogP contribution in [0.1, 0.15) is 40.0 Å². The highest BCUT2D eigenvalue weighted by Crippen LogP contribution is 2.10. The van der Waals surface area contributed by atoms with Crippen LogP contribution in [0.15, 0.2) is 0 Å². The second kappa shape index (κ2) is 13.8. The fourth-order valence-electron chi connectivity index (χ4n) is 2.42. The van der Waals surface area contributed by atoms with E-state index >= 15 is 0 Å². The number of hydrogen-bond donors (Lipinski definition) is 8. The van der Waals surface area contributed by atoms with Gasteiger partial charge in [-0.1, -0.05) is 20.3 Å². The molecule has 31 heavy (non-hydrogen) atoms. The first-order chi connectivity index (χ1) is 14.3. The average molecular weight is 465 g/mol. The minimum atomic E-state index is -1.45. The van der Waals surface area contributed by atoms with Gasteiger partial charge in [0, 0.05) is 12.2 Å². The number of nitrogens with one attached hydrogen (secondary N) is 3. The van der Waals surface area contributed by atoms with Crippen molar-refractivity contribution in [2.75, 3.05) is 5.75 Å². The Morgan fingerprint density at radius 1 is 0.935 bits per heavy atom. The number of carbonyl (C=O) groups is 5. The van der Waals surface area contributed by atoms with Crippen LogP contribution in [-0.4, -0.2) is 81.0 Å². The molecule has 0 radical (unpaired) electrons. The van der Waals surface area contributed by atoms with Gasteiger partial charge >= 0.3 is 11.9 Å². The standard InChI is InChI=1S/C18H32N4O8S/c1-4-8(2)14(17(28)20-10(18(29)30)5-6-12(24)25)22-15(26)11(7-31)21-16(27)13(19)9(3)23/h8-11,13-14,23,31H,4-7,19H2,1-3H3,(H,20,28)(H,21,27)(H,22,26)(H,24,25)(H,29,30). The zero-order chi connectivity index (χ0) is 24.3. The minimum Gasteiger partial charge on any atom is -0.481 e. The van der Waals surface area contributed by atoms with Crippen LogP contribution in [0.4, 0.5) is 0 Å². The van der Waals surface area contributed by atoms with Gasteiger partial charge in [-0.3, -0.25) is 19.2 Å². The first-order valence-electron chi connectivity index (χ1n) is 9.75. The molecule has 0 saturated carbocycles. The van der Waals surface area contributed by atoms with Crippen molar-refractivity contribution in [3.8, 4) is 0 Å². The van der Waals surface area contributed by atoms with E-state index in [4.69, 9.17) is 10.8 Å². The Hall–Kier alpha value is -2.38. The second-order valence-electron chi connectivity index (χ2n) is 7.21. The quantitative estimate of drug-likeness (QED) is 0.134. The molecule has 3 amide bonds. The normalized spacial score (nSPS) is 16.7. The van der Waals surface area contributed by atoms with Gasteiger partial charge in [-0.15, -0.1) is 0 Å². The summed E-state index contributed by atoms with van der Waals surface area (Å²) in [6, 6.07) is -5.03. The third-order valence-electron chi connectivity index (χ3n) is 4.69. The molecule has 6 atom stereocenters. The lowest BCUT2D eigenvalue weighted by Gasteiger charge is -2.27. The van der Waals surface area contributed by atoms with Crippen LogP contribution in [0.2, 0.25) is 0 Å². The zero-order valence-electron chi connectivity index (χ0n) is 17.7. The molecule has 13 heteroatoms. The summed E-state index contributed by atoms with van der Waals surface area (Å²) < 4.78 is 0. The predicted octanol–water partition coefficient (Wildman–Crippen LogP) is -1.93. The molecule has 0 aliphatic carbocycles. The van der Waals surface area contributed by atoms with Crippen molar-refractivity contribution in [2.45, 2.75) is 70.3 Å². The van der Waals surface area contributed by atoms with Gasteiger partial charge in [0.1, 0.15) is 24.2 Å². The van der Waals surface area contributed by atoms with Gasteiger partial charge in [0.15, 0.2) is 0 Å². The molecule has 0 aromatic carbocycles. The summed E-state index contributed by atoms with van der Waals surface area (Å²) in [5.74, 6) is -5.49. The molecule has 0 aliphatic heterocycles. The van der Waals surface area contributed by atoms with Crippen molar-refractivity contribution in [2.24, 2.45) is 11.7 Å². The van der Waals surface area contributed by atoms with Crippen LogP contribution in [0.5, 0.6) is 0 Å². The number of aliphatic hydroxyl groups is 1. The van der Waals surface area contributed by atoms with Gasteiger partial charge < -0.3 is 37.0 Å². The van der Waals surface area contributed by atoms with Gasteiger partial charge in [0.25, 0.3) is 0 Å². The van der Waals surface area contributed by atoms with E-state index in [0.717, 1.165) is 0 Å². The van der Waals surface area contributed by atoms with Crippen LogP contribution in [0, 0.1) is 5.92 Å². The number of hydrogen-bond acceptors (Lipinski definition) is 8.